The summed E-state index contributed by atoms with van der Waals surface area (Å²) >= 11 is 0. The fourth-order valence-corrected chi connectivity index (χ4v) is 2.42. The molecule has 1 fully saturated rings. The van der Waals surface area contributed by atoms with Gasteiger partial charge in [-0.1, -0.05) is 12.1 Å². The summed E-state index contributed by atoms with van der Waals surface area (Å²) in [5.74, 6) is 0. The Labute approximate surface area is 110 Å². The van der Waals surface area contributed by atoms with Crippen molar-refractivity contribution < 1.29 is 4.92 Å². The van der Waals surface area contributed by atoms with E-state index in [4.69, 9.17) is 0 Å². The summed E-state index contributed by atoms with van der Waals surface area (Å²) in [6.45, 7) is 2.06. The second kappa shape index (κ2) is 4.72. The fraction of sp³-hybridized carbons (Fsp3) is 0.308. The lowest BCUT2D eigenvalue weighted by Gasteiger charge is -2.20. The van der Waals surface area contributed by atoms with Crippen LogP contribution in [-0.2, 0) is 0 Å². The summed E-state index contributed by atoms with van der Waals surface area (Å²) in [5.41, 5.74) is 1.98. The molecule has 1 aliphatic rings. The van der Waals surface area contributed by atoms with Gasteiger partial charge in [0.15, 0.2) is 0 Å². The zero-order chi connectivity index (χ0) is 13.2. The standard InChI is InChI=1S/C13H14N4O2/c18-17(19)11-9-14-16(10-11)13-6-2-1-5-12(13)15-7-3-4-8-15/h1-2,5-6,9-10H,3-4,7-8H2. The van der Waals surface area contributed by atoms with Gasteiger partial charge >= 0.3 is 5.69 Å². The number of rotatable bonds is 3. The first-order valence-corrected chi connectivity index (χ1v) is 6.29. The normalized spacial score (nSPS) is 14.8. The number of hydrogen-bond donors (Lipinski definition) is 0. The Balaban J connectivity index is 2.01. The maximum atomic E-state index is 10.7. The number of para-hydroxylation sites is 2. The van der Waals surface area contributed by atoms with Gasteiger partial charge in [0.05, 0.1) is 16.3 Å². The van der Waals surface area contributed by atoms with Gasteiger partial charge in [-0.15, -0.1) is 0 Å². The highest BCUT2D eigenvalue weighted by atomic mass is 16.6. The van der Waals surface area contributed by atoms with E-state index < -0.39 is 4.92 Å². The molecule has 0 radical (unpaired) electrons. The average molecular weight is 258 g/mol. The van der Waals surface area contributed by atoms with Gasteiger partial charge in [0.2, 0.25) is 0 Å². The summed E-state index contributed by atoms with van der Waals surface area (Å²) < 4.78 is 1.58. The van der Waals surface area contributed by atoms with E-state index in [1.165, 1.54) is 25.2 Å². The number of hydrogen-bond acceptors (Lipinski definition) is 4. The number of benzene rings is 1. The molecule has 0 aliphatic carbocycles. The van der Waals surface area contributed by atoms with Crippen molar-refractivity contribution >= 4 is 11.4 Å². The molecule has 1 aromatic heterocycles. The highest BCUT2D eigenvalue weighted by molar-refractivity contribution is 5.63. The summed E-state index contributed by atoms with van der Waals surface area (Å²) in [5, 5.41) is 14.8. The maximum Gasteiger partial charge on any atom is 0.307 e. The van der Waals surface area contributed by atoms with Crippen LogP contribution in [0.2, 0.25) is 0 Å². The number of nitro groups is 1. The Kier molecular flexibility index (Phi) is 2.91. The fourth-order valence-electron chi connectivity index (χ4n) is 2.42. The maximum absolute atomic E-state index is 10.7. The van der Waals surface area contributed by atoms with Crippen molar-refractivity contribution in [3.63, 3.8) is 0 Å². The van der Waals surface area contributed by atoms with Gasteiger partial charge in [0.1, 0.15) is 12.4 Å². The van der Waals surface area contributed by atoms with Gasteiger partial charge in [0, 0.05) is 13.1 Å². The number of nitrogens with zero attached hydrogens (tertiary/aromatic N) is 4. The molecule has 2 aromatic rings. The zero-order valence-electron chi connectivity index (χ0n) is 10.4. The van der Waals surface area contributed by atoms with Crippen LogP contribution in [0.5, 0.6) is 0 Å². The van der Waals surface area contributed by atoms with Gasteiger partial charge in [-0.2, -0.15) is 5.10 Å². The van der Waals surface area contributed by atoms with Crippen LogP contribution in [-0.4, -0.2) is 27.8 Å². The van der Waals surface area contributed by atoms with Crippen LogP contribution in [0.3, 0.4) is 0 Å². The molecule has 3 rings (SSSR count). The highest BCUT2D eigenvalue weighted by Gasteiger charge is 2.18. The quantitative estimate of drug-likeness (QED) is 0.626. The van der Waals surface area contributed by atoms with Crippen molar-refractivity contribution in [2.75, 3.05) is 18.0 Å². The van der Waals surface area contributed by atoms with Crippen LogP contribution < -0.4 is 4.90 Å². The SMILES string of the molecule is O=[N+]([O-])c1cnn(-c2ccccc2N2CCCC2)c1. The van der Waals surface area contributed by atoms with E-state index in [2.05, 4.69) is 10.00 Å². The van der Waals surface area contributed by atoms with Crippen molar-refractivity contribution in [2.45, 2.75) is 12.8 Å². The van der Waals surface area contributed by atoms with Gasteiger partial charge in [-0.05, 0) is 25.0 Å². The molecule has 1 aliphatic heterocycles. The molecular formula is C13H14N4O2. The van der Waals surface area contributed by atoms with Crippen molar-refractivity contribution in [1.29, 1.82) is 0 Å². The minimum absolute atomic E-state index is 0.0104. The summed E-state index contributed by atoms with van der Waals surface area (Å²) in [7, 11) is 0. The van der Waals surface area contributed by atoms with E-state index in [1.807, 2.05) is 24.3 Å². The zero-order valence-corrected chi connectivity index (χ0v) is 10.4. The van der Waals surface area contributed by atoms with E-state index >= 15 is 0 Å². The minimum atomic E-state index is -0.429. The molecule has 6 nitrogen and oxygen atoms in total. The average Bonchev–Trinajstić information content (AvgIpc) is 3.10. The van der Waals surface area contributed by atoms with E-state index in [1.54, 1.807) is 4.68 Å². The second-order valence-corrected chi connectivity index (χ2v) is 4.58. The lowest BCUT2D eigenvalue weighted by atomic mass is 10.2. The number of aromatic nitrogens is 2. The van der Waals surface area contributed by atoms with Crippen molar-refractivity contribution in [1.82, 2.24) is 9.78 Å². The molecule has 6 heteroatoms. The lowest BCUT2D eigenvalue weighted by molar-refractivity contribution is -0.384. The third kappa shape index (κ3) is 2.16. The lowest BCUT2D eigenvalue weighted by Crippen LogP contribution is -2.19. The summed E-state index contributed by atoms with van der Waals surface area (Å²) in [4.78, 5) is 12.6. The van der Waals surface area contributed by atoms with E-state index in [-0.39, 0.29) is 5.69 Å². The summed E-state index contributed by atoms with van der Waals surface area (Å²) in [6.07, 6.45) is 5.11. The minimum Gasteiger partial charge on any atom is -0.370 e. The molecule has 1 saturated heterocycles. The van der Waals surface area contributed by atoms with Crippen LogP contribution in [0, 0.1) is 10.1 Å². The van der Waals surface area contributed by atoms with Gasteiger partial charge in [-0.3, -0.25) is 10.1 Å². The van der Waals surface area contributed by atoms with Crippen LogP contribution in [0.25, 0.3) is 5.69 Å². The molecule has 0 N–H and O–H groups in total. The Morgan fingerprint density at radius 1 is 1.16 bits per heavy atom. The second-order valence-electron chi connectivity index (χ2n) is 4.58. The van der Waals surface area contributed by atoms with Crippen LogP contribution in [0.4, 0.5) is 11.4 Å². The van der Waals surface area contributed by atoms with Crippen molar-refractivity contribution in [2.24, 2.45) is 0 Å². The molecule has 0 atom stereocenters. The first-order chi connectivity index (χ1) is 9.25. The van der Waals surface area contributed by atoms with Gasteiger partial charge < -0.3 is 4.90 Å². The van der Waals surface area contributed by atoms with E-state index in [9.17, 15) is 10.1 Å². The largest absolute Gasteiger partial charge is 0.370 e. The van der Waals surface area contributed by atoms with E-state index in [0.717, 1.165) is 24.5 Å². The van der Waals surface area contributed by atoms with Gasteiger partial charge in [0.25, 0.3) is 0 Å². The Morgan fingerprint density at radius 3 is 2.47 bits per heavy atom. The third-order valence-electron chi connectivity index (χ3n) is 3.36. The molecule has 0 amide bonds. The first kappa shape index (κ1) is 11.7. The van der Waals surface area contributed by atoms with Gasteiger partial charge in [-0.25, -0.2) is 4.68 Å². The van der Waals surface area contributed by atoms with Crippen molar-refractivity contribution in [3.05, 3.63) is 46.8 Å². The first-order valence-electron chi connectivity index (χ1n) is 6.29. The molecule has 19 heavy (non-hydrogen) atoms. The molecular weight excluding hydrogens is 244 g/mol. The smallest absolute Gasteiger partial charge is 0.307 e. The molecule has 0 spiro atoms. The van der Waals surface area contributed by atoms with Crippen LogP contribution >= 0.6 is 0 Å². The van der Waals surface area contributed by atoms with Crippen molar-refractivity contribution in [3.8, 4) is 5.69 Å². The monoisotopic (exact) mass is 258 g/mol. The Hall–Kier alpha value is -2.37. The molecule has 1 aromatic carbocycles. The third-order valence-corrected chi connectivity index (χ3v) is 3.36. The Bertz CT molecular complexity index is 602. The molecule has 2 heterocycles. The molecule has 0 bridgehead atoms. The highest BCUT2D eigenvalue weighted by Crippen LogP contribution is 2.27. The predicted octanol–water partition coefficient (Wildman–Crippen LogP) is 2.38. The molecule has 0 saturated carbocycles. The molecule has 98 valence electrons. The summed E-state index contributed by atoms with van der Waals surface area (Å²) in [6, 6.07) is 7.87. The Morgan fingerprint density at radius 2 is 1.84 bits per heavy atom. The number of anilines is 1. The van der Waals surface area contributed by atoms with E-state index in [0.29, 0.717) is 0 Å². The van der Waals surface area contributed by atoms with Crippen LogP contribution in [0.15, 0.2) is 36.7 Å². The predicted molar refractivity (Wildman–Crippen MR) is 71.7 cm³/mol. The topological polar surface area (TPSA) is 64.2 Å². The molecule has 0 unspecified atom stereocenters. The van der Waals surface area contributed by atoms with Crippen LogP contribution in [0.1, 0.15) is 12.8 Å².